The maximum Gasteiger partial charge on any atom is 0.248 e. The van der Waals surface area contributed by atoms with E-state index < -0.39 is 17.7 Å². The second kappa shape index (κ2) is 11.1. The number of nitrogens with zero attached hydrogens (tertiary/aromatic N) is 2. The zero-order chi connectivity index (χ0) is 24.1. The molecule has 1 aromatic rings. The summed E-state index contributed by atoms with van der Waals surface area (Å²) in [5.74, 6) is 0.772. The molecule has 1 aromatic carbocycles. The molecule has 1 saturated carbocycles. The minimum atomic E-state index is -0.810. The number of nitrogens with one attached hydrogen (secondary N) is 1. The van der Waals surface area contributed by atoms with Crippen molar-refractivity contribution in [3.05, 3.63) is 29.8 Å². The Balaban J connectivity index is 1.45. The standard InChI is InChI=1S/C27H41N3O4/c1-3-4-16-30-25(32)23(24(31)21-8-6-5-7-9-21)28-26(33)27(30)14-17-29(18-15-27)19-20-10-12-22(34-2)13-11-20/h10-13,21,23-24,31H,3-9,14-19H2,1-2H3,(H,28,33)/t23-,24-/m1/s1. The molecule has 4 rings (SSSR count). The Morgan fingerprint density at radius 2 is 1.79 bits per heavy atom. The minimum Gasteiger partial charge on any atom is -0.497 e. The first-order chi connectivity index (χ1) is 16.5. The van der Waals surface area contributed by atoms with Crippen LogP contribution in [0.4, 0.5) is 0 Å². The van der Waals surface area contributed by atoms with Gasteiger partial charge in [-0.25, -0.2) is 0 Å². The van der Waals surface area contributed by atoms with Crippen molar-refractivity contribution in [2.45, 2.75) is 88.9 Å². The summed E-state index contributed by atoms with van der Waals surface area (Å²) in [6.45, 7) is 5.01. The Hall–Kier alpha value is -2.12. The number of piperazine rings is 1. The number of aliphatic hydroxyl groups is 1. The van der Waals surface area contributed by atoms with Crippen molar-refractivity contribution in [1.29, 1.82) is 0 Å². The Kier molecular flexibility index (Phi) is 8.14. The van der Waals surface area contributed by atoms with Crippen LogP contribution in [0.25, 0.3) is 0 Å². The fourth-order valence-electron chi connectivity index (χ4n) is 6.03. The number of rotatable bonds is 8. The van der Waals surface area contributed by atoms with Crippen molar-refractivity contribution in [2.75, 3.05) is 26.7 Å². The number of unbranched alkanes of at least 4 members (excludes halogenated alkanes) is 1. The number of ether oxygens (including phenoxy) is 1. The van der Waals surface area contributed by atoms with E-state index in [9.17, 15) is 14.7 Å². The topological polar surface area (TPSA) is 82.1 Å². The maximum atomic E-state index is 13.7. The molecule has 0 unspecified atom stereocenters. The van der Waals surface area contributed by atoms with Gasteiger partial charge in [-0.2, -0.15) is 0 Å². The van der Waals surface area contributed by atoms with Gasteiger partial charge in [0.15, 0.2) is 0 Å². The van der Waals surface area contributed by atoms with Gasteiger partial charge in [-0.15, -0.1) is 0 Å². The molecule has 2 amide bonds. The lowest BCUT2D eigenvalue weighted by atomic mass is 9.78. The molecule has 7 nitrogen and oxygen atoms in total. The van der Waals surface area contributed by atoms with E-state index in [-0.39, 0.29) is 17.7 Å². The lowest BCUT2D eigenvalue weighted by molar-refractivity contribution is -0.166. The molecule has 2 aliphatic heterocycles. The molecule has 0 bridgehead atoms. The van der Waals surface area contributed by atoms with Crippen molar-refractivity contribution in [3.8, 4) is 5.75 Å². The quantitative estimate of drug-likeness (QED) is 0.609. The van der Waals surface area contributed by atoms with Crippen LogP contribution in [0.1, 0.15) is 70.3 Å². The normalized spacial score (nSPS) is 24.8. The van der Waals surface area contributed by atoms with Gasteiger partial charge in [0.05, 0.1) is 13.2 Å². The third kappa shape index (κ3) is 5.10. The van der Waals surface area contributed by atoms with Crippen LogP contribution in [0, 0.1) is 5.92 Å². The first kappa shape index (κ1) is 25.0. The number of likely N-dealkylation sites (tertiary alicyclic amines) is 1. The summed E-state index contributed by atoms with van der Waals surface area (Å²) >= 11 is 0. The van der Waals surface area contributed by atoms with E-state index in [1.165, 1.54) is 12.0 Å². The summed E-state index contributed by atoms with van der Waals surface area (Å²) < 4.78 is 5.25. The Morgan fingerprint density at radius 1 is 1.12 bits per heavy atom. The Bertz CT molecular complexity index is 829. The molecule has 0 aromatic heterocycles. The monoisotopic (exact) mass is 471 g/mol. The van der Waals surface area contributed by atoms with Crippen LogP contribution in [0.15, 0.2) is 24.3 Å². The number of carbonyl (C=O) groups is 2. The molecule has 1 aliphatic carbocycles. The summed E-state index contributed by atoms with van der Waals surface area (Å²) in [7, 11) is 1.67. The molecule has 188 valence electrons. The lowest BCUT2D eigenvalue weighted by Gasteiger charge is -2.52. The maximum absolute atomic E-state index is 13.7. The molecule has 2 N–H and O–H groups in total. The second-order valence-electron chi connectivity index (χ2n) is 10.3. The van der Waals surface area contributed by atoms with E-state index in [0.29, 0.717) is 19.4 Å². The fraction of sp³-hybridized carbons (Fsp3) is 0.704. The van der Waals surface area contributed by atoms with E-state index in [1.807, 2.05) is 17.0 Å². The van der Waals surface area contributed by atoms with Gasteiger partial charge in [-0.3, -0.25) is 14.5 Å². The van der Waals surface area contributed by atoms with Crippen LogP contribution in [-0.4, -0.2) is 71.1 Å². The Morgan fingerprint density at radius 3 is 2.41 bits per heavy atom. The molecule has 1 spiro atoms. The predicted octanol–water partition coefficient (Wildman–Crippen LogP) is 3.10. The van der Waals surface area contributed by atoms with E-state index in [1.54, 1.807) is 7.11 Å². The third-order valence-electron chi connectivity index (χ3n) is 8.22. The summed E-state index contributed by atoms with van der Waals surface area (Å²) in [5.41, 5.74) is 0.408. The van der Waals surface area contributed by atoms with Crippen LogP contribution >= 0.6 is 0 Å². The molecule has 3 fully saturated rings. The number of hydrogen-bond donors (Lipinski definition) is 2. The van der Waals surface area contributed by atoms with Gasteiger partial charge in [-0.1, -0.05) is 44.7 Å². The van der Waals surface area contributed by atoms with Gasteiger partial charge in [-0.05, 0) is 55.7 Å². The van der Waals surface area contributed by atoms with Crippen LogP contribution < -0.4 is 10.1 Å². The number of hydrogen-bond acceptors (Lipinski definition) is 5. The highest BCUT2D eigenvalue weighted by Crippen LogP contribution is 2.36. The second-order valence-corrected chi connectivity index (χ2v) is 10.3. The molecular formula is C27H41N3O4. The van der Waals surface area contributed by atoms with Crippen LogP contribution in [0.5, 0.6) is 5.75 Å². The van der Waals surface area contributed by atoms with Crippen molar-refractivity contribution >= 4 is 11.8 Å². The number of methoxy groups -OCH3 is 1. The molecule has 7 heteroatoms. The van der Waals surface area contributed by atoms with Crippen molar-refractivity contribution in [3.63, 3.8) is 0 Å². The molecular weight excluding hydrogens is 430 g/mol. The number of amides is 2. The summed E-state index contributed by atoms with van der Waals surface area (Å²) in [5, 5.41) is 14.1. The van der Waals surface area contributed by atoms with E-state index in [4.69, 9.17) is 4.74 Å². The summed E-state index contributed by atoms with van der Waals surface area (Å²) in [6.07, 6.45) is 7.49. The molecule has 2 heterocycles. The Labute approximate surface area is 203 Å². The predicted molar refractivity (Wildman–Crippen MR) is 131 cm³/mol. The minimum absolute atomic E-state index is 0.0767. The average molecular weight is 472 g/mol. The summed E-state index contributed by atoms with van der Waals surface area (Å²) in [6, 6.07) is 7.28. The highest BCUT2D eigenvalue weighted by Gasteiger charge is 2.55. The van der Waals surface area contributed by atoms with E-state index in [2.05, 4.69) is 29.3 Å². The van der Waals surface area contributed by atoms with Gasteiger partial charge in [0.1, 0.15) is 17.3 Å². The number of aliphatic hydroxyl groups excluding tert-OH is 1. The van der Waals surface area contributed by atoms with Gasteiger partial charge in [0.2, 0.25) is 11.8 Å². The van der Waals surface area contributed by atoms with Gasteiger partial charge in [0.25, 0.3) is 0 Å². The zero-order valence-corrected chi connectivity index (χ0v) is 20.8. The zero-order valence-electron chi connectivity index (χ0n) is 20.8. The fourth-order valence-corrected chi connectivity index (χ4v) is 6.03. The van der Waals surface area contributed by atoms with Crippen LogP contribution in [-0.2, 0) is 16.1 Å². The third-order valence-corrected chi connectivity index (χ3v) is 8.22. The smallest absolute Gasteiger partial charge is 0.248 e. The van der Waals surface area contributed by atoms with Crippen molar-refractivity contribution < 1.29 is 19.4 Å². The van der Waals surface area contributed by atoms with Gasteiger partial charge in [0, 0.05) is 26.2 Å². The lowest BCUT2D eigenvalue weighted by Crippen LogP contribution is -2.75. The van der Waals surface area contributed by atoms with Gasteiger partial charge >= 0.3 is 0 Å². The highest BCUT2D eigenvalue weighted by molar-refractivity contribution is 6.00. The molecule has 0 radical (unpaired) electrons. The summed E-state index contributed by atoms with van der Waals surface area (Å²) in [4.78, 5) is 31.5. The average Bonchev–Trinajstić information content (AvgIpc) is 2.88. The van der Waals surface area contributed by atoms with Gasteiger partial charge < -0.3 is 20.1 Å². The van der Waals surface area contributed by atoms with Crippen molar-refractivity contribution in [1.82, 2.24) is 15.1 Å². The number of carbonyl (C=O) groups excluding carboxylic acids is 2. The number of benzene rings is 1. The van der Waals surface area contributed by atoms with Crippen LogP contribution in [0.3, 0.4) is 0 Å². The first-order valence-corrected chi connectivity index (χ1v) is 13.1. The molecule has 2 saturated heterocycles. The highest BCUT2D eigenvalue weighted by atomic mass is 16.5. The van der Waals surface area contributed by atoms with E-state index >= 15 is 0 Å². The number of piperidine rings is 1. The molecule has 2 atom stereocenters. The van der Waals surface area contributed by atoms with E-state index in [0.717, 1.165) is 63.9 Å². The van der Waals surface area contributed by atoms with Crippen molar-refractivity contribution in [2.24, 2.45) is 5.92 Å². The largest absolute Gasteiger partial charge is 0.497 e. The van der Waals surface area contributed by atoms with Crippen LogP contribution in [0.2, 0.25) is 0 Å². The first-order valence-electron chi connectivity index (χ1n) is 13.1. The molecule has 3 aliphatic rings. The SMILES string of the molecule is CCCCN1C(=O)[C@@H]([C@H](O)C2CCCCC2)NC(=O)C12CCN(Cc1ccc(OC)cc1)CC2. The molecule has 34 heavy (non-hydrogen) atoms.